The van der Waals surface area contributed by atoms with Crippen LogP contribution in [0.4, 0.5) is 28.8 Å². The van der Waals surface area contributed by atoms with Crippen molar-refractivity contribution in [2.75, 3.05) is 61.6 Å². The fourth-order valence-corrected chi connectivity index (χ4v) is 6.35. The van der Waals surface area contributed by atoms with E-state index in [9.17, 15) is 9.32 Å². The van der Waals surface area contributed by atoms with E-state index in [4.69, 9.17) is 0 Å². The minimum absolute atomic E-state index is 0.114. The highest BCUT2D eigenvalue weighted by atomic mass is 32.3. The molecule has 37 heavy (non-hydrogen) atoms. The number of aryl methyl sites for hydroxylation is 1. The van der Waals surface area contributed by atoms with Crippen LogP contribution in [-0.2, 0) is 10.1 Å². The van der Waals surface area contributed by atoms with Gasteiger partial charge in [-0.3, -0.25) is 4.21 Å². The van der Waals surface area contributed by atoms with Gasteiger partial charge in [-0.15, -0.1) is 0 Å². The van der Waals surface area contributed by atoms with Crippen molar-refractivity contribution in [1.82, 2.24) is 19.6 Å². The van der Waals surface area contributed by atoms with Crippen molar-refractivity contribution in [2.24, 2.45) is 0 Å². The quantitative estimate of drug-likeness (QED) is 0.271. The summed E-state index contributed by atoms with van der Waals surface area (Å²) in [6, 6.07) is 15.8. The molecule has 0 saturated carbocycles. The summed E-state index contributed by atoms with van der Waals surface area (Å²) in [5.41, 5.74) is 3.14. The number of hydrogen-bond acceptors (Lipinski definition) is 8. The number of nitrogens with one attached hydrogen (secondary N) is 3. The molecule has 0 aliphatic carbocycles. The van der Waals surface area contributed by atoms with Crippen molar-refractivity contribution in [3.8, 4) is 0 Å². The Hall–Kier alpha value is -3.05. The average molecular weight is 526 g/mol. The van der Waals surface area contributed by atoms with E-state index < -0.39 is 15.7 Å². The first kappa shape index (κ1) is 27.0. The number of anilines is 5. The van der Waals surface area contributed by atoms with Gasteiger partial charge in [-0.1, -0.05) is 6.07 Å². The molecule has 1 saturated heterocycles. The minimum Gasteiger partial charge on any atom is -0.394 e. The van der Waals surface area contributed by atoms with Crippen LogP contribution in [0.1, 0.15) is 19.4 Å². The molecule has 200 valence electrons. The number of thiol groups is 1. The minimum atomic E-state index is -2.90. The lowest BCUT2D eigenvalue weighted by molar-refractivity contribution is 0.209. The topological polar surface area (TPSA) is 106 Å². The van der Waals surface area contributed by atoms with Crippen LogP contribution in [0, 0.1) is 6.92 Å². The van der Waals surface area contributed by atoms with Gasteiger partial charge in [0.2, 0.25) is 5.95 Å². The summed E-state index contributed by atoms with van der Waals surface area (Å²) in [6.07, 6.45) is 3.45. The molecule has 0 radical (unpaired) electrons. The molecule has 1 aliphatic heterocycles. The van der Waals surface area contributed by atoms with Crippen molar-refractivity contribution >= 4 is 38.9 Å². The second-order valence-electron chi connectivity index (χ2n) is 10.4. The lowest BCUT2D eigenvalue weighted by Crippen LogP contribution is -2.48. The highest BCUT2D eigenvalue weighted by Gasteiger charge is 2.23. The Labute approximate surface area is 220 Å². The molecule has 0 atom stereocenters. The lowest BCUT2D eigenvalue weighted by atomic mass is 10.1. The molecule has 1 fully saturated rings. The summed E-state index contributed by atoms with van der Waals surface area (Å²) < 4.78 is 16.5. The summed E-state index contributed by atoms with van der Waals surface area (Å²) in [5.74, 6) is 1.16. The van der Waals surface area contributed by atoms with Gasteiger partial charge in [-0.25, -0.2) is 9.71 Å². The summed E-state index contributed by atoms with van der Waals surface area (Å²) in [7, 11) is -0.743. The van der Waals surface area contributed by atoms with Crippen molar-refractivity contribution in [2.45, 2.75) is 31.2 Å². The van der Waals surface area contributed by atoms with E-state index in [0.29, 0.717) is 16.7 Å². The van der Waals surface area contributed by atoms with Crippen molar-refractivity contribution in [1.29, 1.82) is 0 Å². The third-order valence-corrected chi connectivity index (χ3v) is 8.77. The third kappa shape index (κ3) is 7.04. The molecule has 2 heterocycles. The fourth-order valence-electron chi connectivity index (χ4n) is 4.24. The summed E-state index contributed by atoms with van der Waals surface area (Å²) in [4.78, 5) is 14.5. The van der Waals surface area contributed by atoms with Gasteiger partial charge in [-0.05, 0) is 80.4 Å². The molecule has 4 rings (SSSR count). The third-order valence-electron chi connectivity index (χ3n) is 6.48. The van der Waals surface area contributed by atoms with E-state index in [0.717, 1.165) is 43.1 Å². The number of likely N-dealkylation sites (N-methyl/N-ethyl adjacent to an activating group) is 1. The smallest absolute Gasteiger partial charge is 0.229 e. The maximum absolute atomic E-state index is 13.4. The van der Waals surface area contributed by atoms with Gasteiger partial charge >= 0.3 is 0 Å². The Morgan fingerprint density at radius 1 is 1.03 bits per heavy atom. The molecule has 0 spiro atoms. The number of aliphatic hydroxyl groups excluding tert-OH is 1. The molecule has 1 aliphatic rings. The molecule has 0 bridgehead atoms. The van der Waals surface area contributed by atoms with Gasteiger partial charge in [0, 0.05) is 71.7 Å². The number of piperazine rings is 1. The molecule has 4 N–H and O–H groups in total. The van der Waals surface area contributed by atoms with Gasteiger partial charge in [-0.2, -0.15) is 4.98 Å². The first-order valence-electron chi connectivity index (χ1n) is 12.5. The molecule has 3 aromatic rings. The SMILES string of the molecule is Cc1cnc(Nc2ccc(N3CCN(C)CC3)cc2)nc1Nc1cccc([SH](C)(=O)NC(C)(C)CO)c1. The lowest BCUT2D eigenvalue weighted by Gasteiger charge is -2.34. The van der Waals surface area contributed by atoms with E-state index in [1.807, 2.05) is 57.2 Å². The van der Waals surface area contributed by atoms with Crippen LogP contribution in [-0.4, -0.2) is 75.8 Å². The Balaban J connectivity index is 1.46. The number of benzene rings is 2. The molecular weight excluding hydrogens is 486 g/mol. The van der Waals surface area contributed by atoms with Crippen LogP contribution in [0.15, 0.2) is 59.6 Å². The number of aromatic nitrogens is 2. The van der Waals surface area contributed by atoms with Crippen molar-refractivity contribution in [3.63, 3.8) is 0 Å². The van der Waals surface area contributed by atoms with Crippen LogP contribution in [0.25, 0.3) is 0 Å². The molecule has 1 aromatic heterocycles. The number of rotatable bonds is 9. The Kier molecular flexibility index (Phi) is 8.13. The normalized spacial score (nSPS) is 15.5. The fraction of sp³-hybridized carbons (Fsp3) is 0.407. The highest BCUT2D eigenvalue weighted by Crippen LogP contribution is 2.26. The second-order valence-corrected chi connectivity index (χ2v) is 13.0. The molecular formula is C27H39N7O2S. The van der Waals surface area contributed by atoms with Crippen LogP contribution in [0.2, 0.25) is 0 Å². The Bertz CT molecular complexity index is 1260. The zero-order valence-corrected chi connectivity index (χ0v) is 23.2. The highest BCUT2D eigenvalue weighted by molar-refractivity contribution is 8.00. The zero-order valence-electron chi connectivity index (χ0n) is 22.3. The largest absolute Gasteiger partial charge is 0.394 e. The first-order chi connectivity index (χ1) is 17.5. The molecule has 9 nitrogen and oxygen atoms in total. The van der Waals surface area contributed by atoms with Crippen LogP contribution in [0.5, 0.6) is 0 Å². The van der Waals surface area contributed by atoms with E-state index >= 15 is 0 Å². The van der Waals surface area contributed by atoms with Crippen molar-refractivity contribution in [3.05, 3.63) is 60.3 Å². The van der Waals surface area contributed by atoms with Crippen molar-refractivity contribution < 1.29 is 9.32 Å². The van der Waals surface area contributed by atoms with E-state index in [-0.39, 0.29) is 6.61 Å². The number of nitrogens with zero attached hydrogens (tertiary/aromatic N) is 4. The molecule has 2 aromatic carbocycles. The number of hydrogen-bond donors (Lipinski definition) is 5. The van der Waals surface area contributed by atoms with Gasteiger partial charge < -0.3 is 25.5 Å². The monoisotopic (exact) mass is 525 g/mol. The Morgan fingerprint density at radius 2 is 1.73 bits per heavy atom. The second kappa shape index (κ2) is 11.1. The maximum Gasteiger partial charge on any atom is 0.229 e. The maximum atomic E-state index is 13.4. The number of aliphatic hydroxyl groups is 1. The van der Waals surface area contributed by atoms with Gasteiger partial charge in [0.15, 0.2) is 0 Å². The van der Waals surface area contributed by atoms with Crippen LogP contribution >= 0.6 is 0 Å². The summed E-state index contributed by atoms with van der Waals surface area (Å²) >= 11 is 0. The van der Waals surface area contributed by atoms with Crippen LogP contribution < -0.4 is 20.3 Å². The molecule has 0 amide bonds. The van der Waals surface area contributed by atoms with E-state index in [1.54, 1.807) is 12.5 Å². The molecule has 0 unspecified atom stereocenters. The van der Waals surface area contributed by atoms with Gasteiger partial charge in [0.05, 0.1) is 6.61 Å². The molecule has 10 heteroatoms. The Morgan fingerprint density at radius 3 is 2.41 bits per heavy atom. The first-order valence-corrected chi connectivity index (χ1v) is 14.7. The standard InChI is InChI=1S/C27H39N7O2S/c1-20-18-28-26(30-21-9-11-23(12-10-21)34-15-13-33(4)14-16-34)31-25(20)29-22-7-6-8-24(17-22)37(5,36)32-27(2,3)19-35/h6-12,17-18,35,37H,13-16,19H2,1-5H3,(H,32,36)(H2,28,29,30,31). The van der Waals surface area contributed by atoms with E-state index in [2.05, 4.69) is 54.3 Å². The summed E-state index contributed by atoms with van der Waals surface area (Å²) in [6.45, 7) is 9.68. The summed E-state index contributed by atoms with van der Waals surface area (Å²) in [5, 5.41) is 16.2. The van der Waals surface area contributed by atoms with Gasteiger partial charge in [0.1, 0.15) is 5.82 Å². The van der Waals surface area contributed by atoms with Gasteiger partial charge in [0.25, 0.3) is 0 Å². The predicted octanol–water partition coefficient (Wildman–Crippen LogP) is 3.30. The van der Waals surface area contributed by atoms with Crippen LogP contribution in [0.3, 0.4) is 0 Å². The van der Waals surface area contributed by atoms with E-state index in [1.165, 1.54) is 5.69 Å². The average Bonchev–Trinajstić information content (AvgIpc) is 2.87. The zero-order chi connectivity index (χ0) is 26.6. The predicted molar refractivity (Wildman–Crippen MR) is 154 cm³/mol.